The number of hydrogen-bond donors (Lipinski definition) is 2. The molecule has 2 N–H and O–H groups in total. The molecular weight excluding hydrogens is 233 g/mol. The molecule has 1 aliphatic heterocycles. The maximum Gasteiger partial charge on any atom is 0.389 e. The molecule has 1 rings (SSSR count). The molecule has 0 saturated carbocycles. The van der Waals surface area contributed by atoms with Gasteiger partial charge in [-0.1, -0.05) is 6.42 Å². The van der Waals surface area contributed by atoms with Crippen LogP contribution < -0.4 is 10.6 Å². The zero-order valence-electron chi connectivity index (χ0n) is 9.78. The number of carbonyl (C=O) groups is 1. The number of nitrogens with one attached hydrogen (secondary N) is 2. The van der Waals surface area contributed by atoms with Crippen molar-refractivity contribution in [2.75, 3.05) is 13.1 Å². The van der Waals surface area contributed by atoms with Crippen molar-refractivity contribution in [2.45, 2.75) is 50.7 Å². The number of carbonyl (C=O) groups excluding carboxylic acids is 1. The van der Waals surface area contributed by atoms with Crippen LogP contribution in [0.15, 0.2) is 0 Å². The van der Waals surface area contributed by atoms with Gasteiger partial charge < -0.3 is 10.6 Å². The molecule has 0 radical (unpaired) electrons. The maximum atomic E-state index is 11.8. The fourth-order valence-electron chi connectivity index (χ4n) is 1.90. The Morgan fingerprint density at radius 3 is 2.71 bits per heavy atom. The van der Waals surface area contributed by atoms with Gasteiger partial charge in [0.1, 0.15) is 0 Å². The first-order valence-corrected chi connectivity index (χ1v) is 6.04. The van der Waals surface area contributed by atoms with Gasteiger partial charge in [-0.05, 0) is 25.8 Å². The number of amides is 1. The highest BCUT2D eigenvalue weighted by Crippen LogP contribution is 2.20. The predicted octanol–water partition coefficient (Wildman–Crippen LogP) is 1.98. The lowest BCUT2D eigenvalue weighted by Crippen LogP contribution is -2.37. The molecule has 0 aromatic carbocycles. The third-order valence-electron chi connectivity index (χ3n) is 2.86. The number of rotatable bonds is 5. The fourth-order valence-corrected chi connectivity index (χ4v) is 1.90. The first-order chi connectivity index (χ1) is 7.97. The summed E-state index contributed by atoms with van der Waals surface area (Å²) in [7, 11) is 0. The third kappa shape index (κ3) is 7.20. The van der Waals surface area contributed by atoms with E-state index in [9.17, 15) is 18.0 Å². The summed E-state index contributed by atoms with van der Waals surface area (Å²) in [5.41, 5.74) is 0. The monoisotopic (exact) mass is 252 g/mol. The van der Waals surface area contributed by atoms with E-state index in [1.165, 1.54) is 12.8 Å². The van der Waals surface area contributed by atoms with Gasteiger partial charge in [0.25, 0.3) is 0 Å². The van der Waals surface area contributed by atoms with Crippen LogP contribution in [-0.2, 0) is 4.79 Å². The summed E-state index contributed by atoms with van der Waals surface area (Å²) in [4.78, 5) is 11.1. The van der Waals surface area contributed by atoms with E-state index in [0.29, 0.717) is 12.6 Å². The minimum absolute atomic E-state index is 0.395. The average molecular weight is 252 g/mol. The summed E-state index contributed by atoms with van der Waals surface area (Å²) in [6.07, 6.45) is -1.53. The molecule has 1 fully saturated rings. The van der Waals surface area contributed by atoms with Crippen molar-refractivity contribution in [1.29, 1.82) is 0 Å². The van der Waals surface area contributed by atoms with Gasteiger partial charge in [-0.2, -0.15) is 13.2 Å². The normalized spacial score (nSPS) is 21.2. The SMILES string of the molecule is O=C(CCC(F)(F)F)NCC[C@H]1CCCCN1. The van der Waals surface area contributed by atoms with Crippen molar-refractivity contribution in [3.63, 3.8) is 0 Å². The summed E-state index contributed by atoms with van der Waals surface area (Å²) in [6, 6.07) is 0.395. The van der Waals surface area contributed by atoms with E-state index in [4.69, 9.17) is 0 Å². The summed E-state index contributed by atoms with van der Waals surface area (Å²) < 4.78 is 35.5. The van der Waals surface area contributed by atoms with Gasteiger partial charge in [0.05, 0.1) is 6.42 Å². The van der Waals surface area contributed by atoms with Crippen molar-refractivity contribution < 1.29 is 18.0 Å². The molecule has 1 amide bonds. The Bertz CT molecular complexity index is 237. The Hall–Kier alpha value is -0.780. The molecule has 0 bridgehead atoms. The van der Waals surface area contributed by atoms with Crippen LogP contribution >= 0.6 is 0 Å². The fraction of sp³-hybridized carbons (Fsp3) is 0.909. The van der Waals surface area contributed by atoms with E-state index < -0.39 is 24.9 Å². The Morgan fingerprint density at radius 2 is 2.12 bits per heavy atom. The maximum absolute atomic E-state index is 11.8. The van der Waals surface area contributed by atoms with Gasteiger partial charge in [-0.15, -0.1) is 0 Å². The molecule has 100 valence electrons. The number of piperidine rings is 1. The van der Waals surface area contributed by atoms with Crippen LogP contribution in [0.3, 0.4) is 0 Å². The van der Waals surface area contributed by atoms with Gasteiger partial charge >= 0.3 is 6.18 Å². The second-order valence-electron chi connectivity index (χ2n) is 4.40. The largest absolute Gasteiger partial charge is 0.389 e. The first kappa shape index (κ1) is 14.3. The molecular formula is C11H19F3N2O. The van der Waals surface area contributed by atoms with E-state index >= 15 is 0 Å². The molecule has 1 saturated heterocycles. The van der Waals surface area contributed by atoms with Gasteiger partial charge in [-0.3, -0.25) is 4.79 Å². The van der Waals surface area contributed by atoms with Crippen LogP contribution in [0.5, 0.6) is 0 Å². The zero-order valence-corrected chi connectivity index (χ0v) is 9.78. The minimum atomic E-state index is -4.25. The Morgan fingerprint density at radius 1 is 1.35 bits per heavy atom. The van der Waals surface area contributed by atoms with Crippen LogP contribution in [0, 0.1) is 0 Å². The lowest BCUT2D eigenvalue weighted by atomic mass is 10.0. The molecule has 0 aromatic heterocycles. The average Bonchev–Trinajstić information content (AvgIpc) is 2.27. The molecule has 1 aliphatic rings. The smallest absolute Gasteiger partial charge is 0.356 e. The highest BCUT2D eigenvalue weighted by atomic mass is 19.4. The second kappa shape index (κ2) is 6.83. The highest BCUT2D eigenvalue weighted by molar-refractivity contribution is 5.75. The van der Waals surface area contributed by atoms with Crippen LogP contribution in [0.1, 0.15) is 38.5 Å². The van der Waals surface area contributed by atoms with Crippen LogP contribution in [0.4, 0.5) is 13.2 Å². The van der Waals surface area contributed by atoms with Crippen molar-refractivity contribution >= 4 is 5.91 Å². The Balaban J connectivity index is 2.03. The zero-order chi connectivity index (χ0) is 12.7. The summed E-state index contributed by atoms with van der Waals surface area (Å²) >= 11 is 0. The van der Waals surface area contributed by atoms with Crippen molar-refractivity contribution in [3.8, 4) is 0 Å². The molecule has 0 spiro atoms. The van der Waals surface area contributed by atoms with Gasteiger partial charge in [0.15, 0.2) is 0 Å². The van der Waals surface area contributed by atoms with E-state index in [1.54, 1.807) is 0 Å². The standard InChI is InChI=1S/C11H19F3N2O/c12-11(13,14)6-4-10(17)16-8-5-9-3-1-2-7-15-9/h9,15H,1-8H2,(H,16,17)/t9-/m1/s1. The van der Waals surface area contributed by atoms with E-state index in [0.717, 1.165) is 19.4 Å². The topological polar surface area (TPSA) is 41.1 Å². The van der Waals surface area contributed by atoms with Crippen molar-refractivity contribution in [1.82, 2.24) is 10.6 Å². The summed E-state index contributed by atoms with van der Waals surface area (Å²) in [6.45, 7) is 1.45. The van der Waals surface area contributed by atoms with Gasteiger partial charge in [-0.25, -0.2) is 0 Å². The summed E-state index contributed by atoms with van der Waals surface area (Å²) in [5, 5.41) is 5.84. The molecule has 3 nitrogen and oxygen atoms in total. The molecule has 1 atom stereocenters. The molecule has 17 heavy (non-hydrogen) atoms. The number of alkyl halides is 3. The van der Waals surface area contributed by atoms with E-state index in [2.05, 4.69) is 10.6 Å². The molecule has 0 aromatic rings. The lowest BCUT2D eigenvalue weighted by Gasteiger charge is -2.23. The first-order valence-electron chi connectivity index (χ1n) is 6.04. The van der Waals surface area contributed by atoms with Crippen molar-refractivity contribution in [3.05, 3.63) is 0 Å². The third-order valence-corrected chi connectivity index (χ3v) is 2.86. The molecule has 0 aliphatic carbocycles. The number of hydrogen-bond acceptors (Lipinski definition) is 2. The van der Waals surface area contributed by atoms with Gasteiger partial charge in [0, 0.05) is 19.0 Å². The van der Waals surface area contributed by atoms with Crippen LogP contribution in [-0.4, -0.2) is 31.2 Å². The predicted molar refractivity (Wildman–Crippen MR) is 58.6 cm³/mol. The van der Waals surface area contributed by atoms with E-state index in [1.807, 2.05) is 0 Å². The lowest BCUT2D eigenvalue weighted by molar-refractivity contribution is -0.144. The second-order valence-corrected chi connectivity index (χ2v) is 4.40. The van der Waals surface area contributed by atoms with Gasteiger partial charge in [0.2, 0.25) is 5.91 Å². The molecule has 1 heterocycles. The van der Waals surface area contributed by atoms with Crippen LogP contribution in [0.25, 0.3) is 0 Å². The highest BCUT2D eigenvalue weighted by Gasteiger charge is 2.27. The number of halogens is 3. The Kier molecular flexibility index (Phi) is 5.74. The Labute approximate surface area is 99.1 Å². The van der Waals surface area contributed by atoms with Crippen LogP contribution in [0.2, 0.25) is 0 Å². The van der Waals surface area contributed by atoms with Crippen molar-refractivity contribution in [2.24, 2.45) is 0 Å². The molecule has 0 unspecified atom stereocenters. The van der Waals surface area contributed by atoms with E-state index in [-0.39, 0.29) is 0 Å². The minimum Gasteiger partial charge on any atom is -0.356 e. The molecule has 6 heteroatoms. The quantitative estimate of drug-likeness (QED) is 0.785. The summed E-state index contributed by atoms with van der Waals surface area (Å²) in [5.74, 6) is -0.516.